The number of cyclic esters (lactones) is 2. The van der Waals surface area contributed by atoms with E-state index in [1.54, 1.807) is 11.8 Å². The van der Waals surface area contributed by atoms with Crippen LogP contribution in [-0.4, -0.2) is 41.9 Å². The van der Waals surface area contributed by atoms with Crippen LogP contribution >= 0.6 is 0 Å². The molecule has 30 heavy (non-hydrogen) atoms. The molecule has 3 heterocycles. The first-order valence-corrected chi connectivity index (χ1v) is 10.6. The molecule has 1 saturated heterocycles. The van der Waals surface area contributed by atoms with Gasteiger partial charge in [0.1, 0.15) is 13.2 Å². The number of hydrogen-bond acceptors (Lipinski definition) is 6. The number of nitrogens with one attached hydrogen (secondary N) is 1. The molecule has 160 valence electrons. The van der Waals surface area contributed by atoms with Gasteiger partial charge >= 0.3 is 11.9 Å². The van der Waals surface area contributed by atoms with Gasteiger partial charge in [0.05, 0.1) is 16.8 Å². The molecule has 0 spiro atoms. The quantitative estimate of drug-likeness (QED) is 0.766. The third kappa shape index (κ3) is 3.99. The average molecular weight is 412 g/mol. The molecule has 7 heteroatoms. The summed E-state index contributed by atoms with van der Waals surface area (Å²) in [6.45, 7) is 5.64. The fraction of sp³-hybridized carbons (Fsp3) is 0.522. The summed E-state index contributed by atoms with van der Waals surface area (Å²) in [6.07, 6.45) is 4.09. The number of amides is 1. The monoisotopic (exact) mass is 412 g/mol. The molecule has 4 rings (SSSR count). The molecule has 0 saturated carbocycles. The van der Waals surface area contributed by atoms with E-state index in [1.807, 2.05) is 19.1 Å². The largest absolute Gasteiger partial charge is 0.457 e. The molecule has 0 radical (unpaired) electrons. The highest BCUT2D eigenvalue weighted by atomic mass is 16.5. The number of ether oxygens (including phenoxy) is 2. The minimum Gasteiger partial charge on any atom is -0.457 e. The van der Waals surface area contributed by atoms with Gasteiger partial charge in [-0.2, -0.15) is 0 Å². The van der Waals surface area contributed by atoms with E-state index >= 15 is 0 Å². The highest BCUT2D eigenvalue weighted by molar-refractivity contribution is 5.94. The summed E-state index contributed by atoms with van der Waals surface area (Å²) in [7, 11) is 0. The van der Waals surface area contributed by atoms with E-state index in [1.165, 1.54) is 0 Å². The Morgan fingerprint density at radius 2 is 1.83 bits per heavy atom. The topological polar surface area (TPSA) is 84.9 Å². The maximum Gasteiger partial charge on any atom is 0.338 e. The van der Waals surface area contributed by atoms with Crippen LogP contribution in [0.15, 0.2) is 23.4 Å². The zero-order valence-electron chi connectivity index (χ0n) is 17.6. The van der Waals surface area contributed by atoms with Crippen molar-refractivity contribution in [2.45, 2.75) is 65.1 Å². The summed E-state index contributed by atoms with van der Waals surface area (Å²) in [5.74, 6) is -0.513. The Morgan fingerprint density at radius 3 is 2.60 bits per heavy atom. The Bertz CT molecular complexity index is 920. The summed E-state index contributed by atoms with van der Waals surface area (Å²) < 4.78 is 10.2. The fourth-order valence-electron chi connectivity index (χ4n) is 4.44. The smallest absolute Gasteiger partial charge is 0.338 e. The van der Waals surface area contributed by atoms with Crippen molar-refractivity contribution in [2.24, 2.45) is 0 Å². The summed E-state index contributed by atoms with van der Waals surface area (Å²) in [5, 5.41) is 3.61. The van der Waals surface area contributed by atoms with Crippen molar-refractivity contribution >= 4 is 17.8 Å². The van der Waals surface area contributed by atoms with E-state index in [0.717, 1.165) is 48.1 Å². The predicted molar refractivity (Wildman–Crippen MR) is 109 cm³/mol. The Morgan fingerprint density at radius 1 is 1.03 bits per heavy atom. The second-order valence-electron chi connectivity index (χ2n) is 8.26. The molecule has 1 N–H and O–H groups in total. The maximum atomic E-state index is 12.8. The van der Waals surface area contributed by atoms with Crippen LogP contribution < -0.4 is 5.32 Å². The Hall–Kier alpha value is -2.67. The summed E-state index contributed by atoms with van der Waals surface area (Å²) in [4.78, 5) is 38.0. The van der Waals surface area contributed by atoms with Crippen molar-refractivity contribution in [3.05, 3.63) is 45.7 Å². The minimum absolute atomic E-state index is 0.0562. The van der Waals surface area contributed by atoms with Crippen LogP contribution in [-0.2, 0) is 32.2 Å². The molecular weight excluding hydrogens is 384 g/mol. The first-order valence-electron chi connectivity index (χ1n) is 10.6. The lowest BCUT2D eigenvalue weighted by atomic mass is 9.98. The van der Waals surface area contributed by atoms with Crippen molar-refractivity contribution in [2.75, 3.05) is 13.2 Å². The van der Waals surface area contributed by atoms with Gasteiger partial charge in [-0.1, -0.05) is 12.5 Å². The normalized spacial score (nSPS) is 22.4. The van der Waals surface area contributed by atoms with Gasteiger partial charge in [0.15, 0.2) is 0 Å². The third-order valence-corrected chi connectivity index (χ3v) is 6.46. The van der Waals surface area contributed by atoms with E-state index in [9.17, 15) is 14.4 Å². The maximum absolute atomic E-state index is 12.8. The van der Waals surface area contributed by atoms with Crippen molar-refractivity contribution in [1.29, 1.82) is 0 Å². The number of benzene rings is 1. The van der Waals surface area contributed by atoms with Gasteiger partial charge in [-0.3, -0.25) is 4.79 Å². The van der Waals surface area contributed by atoms with Crippen LogP contribution in [0.3, 0.4) is 0 Å². The fourth-order valence-corrected chi connectivity index (χ4v) is 4.44. The van der Waals surface area contributed by atoms with Crippen molar-refractivity contribution in [1.82, 2.24) is 10.2 Å². The van der Waals surface area contributed by atoms with Gasteiger partial charge in [0.2, 0.25) is 5.91 Å². The Balaban J connectivity index is 1.39. The Labute approximate surface area is 176 Å². The highest BCUT2D eigenvalue weighted by Crippen LogP contribution is 2.27. The van der Waals surface area contributed by atoms with Gasteiger partial charge in [-0.05, 0) is 50.3 Å². The van der Waals surface area contributed by atoms with Crippen molar-refractivity contribution < 1.29 is 23.9 Å². The van der Waals surface area contributed by atoms with Gasteiger partial charge in [-0.15, -0.1) is 0 Å². The zero-order chi connectivity index (χ0) is 21.3. The molecule has 0 aliphatic carbocycles. The standard InChI is InChI=1S/C23H28N2O5/c1-14-16(6-8-18-19(14)12-29-23(18)28)11-24-17-5-3-4-10-25(21(26)9-7-17)20-13-30-22(27)15(20)2/h6,8,17,24H,3-5,7,9-13H2,1-2H3/t17-/m1/s1. The van der Waals surface area contributed by atoms with Gasteiger partial charge in [0.25, 0.3) is 0 Å². The van der Waals surface area contributed by atoms with Crippen molar-refractivity contribution in [3.8, 4) is 0 Å². The number of rotatable bonds is 4. The lowest BCUT2D eigenvalue weighted by molar-refractivity contribution is -0.136. The second-order valence-corrected chi connectivity index (χ2v) is 8.26. The second kappa shape index (κ2) is 8.60. The number of esters is 2. The van der Waals surface area contributed by atoms with Gasteiger partial charge < -0.3 is 19.7 Å². The number of nitrogens with zero attached hydrogens (tertiary/aromatic N) is 1. The van der Waals surface area contributed by atoms with Crippen LogP contribution in [0, 0.1) is 6.92 Å². The number of carbonyl (C=O) groups excluding carboxylic acids is 3. The summed E-state index contributed by atoms with van der Waals surface area (Å²) in [6, 6.07) is 4.08. The Kier molecular flexibility index (Phi) is 5.90. The predicted octanol–water partition coefficient (Wildman–Crippen LogP) is 2.75. The molecule has 1 aromatic rings. The van der Waals surface area contributed by atoms with Crippen LogP contribution in [0.2, 0.25) is 0 Å². The molecule has 0 bridgehead atoms. The molecular formula is C23H28N2O5. The number of hydrogen-bond donors (Lipinski definition) is 1. The van der Waals surface area contributed by atoms with E-state index in [2.05, 4.69) is 5.32 Å². The molecule has 1 aromatic carbocycles. The average Bonchev–Trinajstić information content (AvgIpc) is 3.29. The SMILES string of the molecule is CC1=C(N2CCCC[C@@H](NCc3ccc4c(c3C)COC4=O)CCC2=O)COC1=O. The first-order chi connectivity index (χ1) is 14.5. The molecule has 0 unspecified atom stereocenters. The first kappa shape index (κ1) is 20.6. The molecule has 1 atom stereocenters. The molecule has 1 fully saturated rings. The number of carbonyl (C=O) groups is 3. The van der Waals surface area contributed by atoms with Crippen LogP contribution in [0.25, 0.3) is 0 Å². The molecule has 3 aliphatic heterocycles. The number of fused-ring (bicyclic) bond motifs is 1. The van der Waals surface area contributed by atoms with Gasteiger partial charge in [0, 0.05) is 31.1 Å². The lowest BCUT2D eigenvalue weighted by Crippen LogP contribution is -2.33. The van der Waals surface area contributed by atoms with Crippen LogP contribution in [0.4, 0.5) is 0 Å². The molecule has 7 nitrogen and oxygen atoms in total. The van der Waals surface area contributed by atoms with E-state index in [-0.39, 0.29) is 30.5 Å². The lowest BCUT2D eigenvalue weighted by Gasteiger charge is -2.23. The molecule has 1 amide bonds. The van der Waals surface area contributed by atoms with Crippen LogP contribution in [0.5, 0.6) is 0 Å². The van der Waals surface area contributed by atoms with Gasteiger partial charge in [-0.25, -0.2) is 9.59 Å². The molecule has 0 aromatic heterocycles. The van der Waals surface area contributed by atoms with E-state index in [4.69, 9.17) is 9.47 Å². The molecule has 3 aliphatic rings. The summed E-state index contributed by atoms with van der Waals surface area (Å²) in [5.41, 5.74) is 5.18. The van der Waals surface area contributed by atoms with E-state index in [0.29, 0.717) is 37.3 Å². The third-order valence-electron chi connectivity index (χ3n) is 6.46. The summed E-state index contributed by atoms with van der Waals surface area (Å²) >= 11 is 0. The highest BCUT2D eigenvalue weighted by Gasteiger charge is 2.30. The van der Waals surface area contributed by atoms with Crippen molar-refractivity contribution in [3.63, 3.8) is 0 Å². The van der Waals surface area contributed by atoms with Crippen LogP contribution in [0.1, 0.15) is 66.1 Å². The zero-order valence-corrected chi connectivity index (χ0v) is 17.6. The minimum atomic E-state index is -0.325. The van der Waals surface area contributed by atoms with E-state index < -0.39 is 0 Å².